The minimum Gasteiger partial charge on any atom is -0.435 e. The fourth-order valence-electron chi connectivity index (χ4n) is 1.27. The lowest BCUT2D eigenvalue weighted by Gasteiger charge is -2.08. The molecule has 0 aliphatic carbocycles. The number of nitrogens with one attached hydrogen (secondary N) is 1. The van der Waals surface area contributed by atoms with Gasteiger partial charge in [0.05, 0.1) is 12.0 Å². The molecule has 88 valence electrons. The van der Waals surface area contributed by atoms with Crippen LogP contribution in [0.25, 0.3) is 0 Å². The first-order valence-electron chi connectivity index (χ1n) is 4.85. The Morgan fingerprint density at radius 1 is 1.47 bits per heavy atom. The quantitative estimate of drug-likeness (QED) is 0.646. The van der Waals surface area contributed by atoms with Gasteiger partial charge in [-0.15, -0.1) is 0 Å². The van der Waals surface area contributed by atoms with E-state index in [9.17, 15) is 4.79 Å². The predicted octanol–water partition coefficient (Wildman–Crippen LogP) is 2.06. The Morgan fingerprint density at radius 2 is 2.24 bits per heavy atom. The molecule has 2 aromatic rings. The second-order valence-corrected chi connectivity index (χ2v) is 4.57. The molecule has 17 heavy (non-hydrogen) atoms. The number of hydrogen-bond donors (Lipinski definition) is 2. The number of nitrogen functional groups attached to an aromatic ring is 1. The highest BCUT2D eigenvalue weighted by Gasteiger charge is 2.09. The van der Waals surface area contributed by atoms with E-state index in [4.69, 9.17) is 10.5 Å². The summed E-state index contributed by atoms with van der Waals surface area (Å²) >= 11 is 1.88. The molecule has 0 aliphatic heterocycles. The average Bonchev–Trinajstić information content (AvgIpc) is 2.30. The summed E-state index contributed by atoms with van der Waals surface area (Å²) in [6, 6.07) is 5.44. The van der Waals surface area contributed by atoms with E-state index in [1.54, 1.807) is 12.1 Å². The highest BCUT2D eigenvalue weighted by molar-refractivity contribution is 14.1. The van der Waals surface area contributed by atoms with Crippen LogP contribution in [-0.2, 0) is 0 Å². The number of nitrogens with two attached hydrogens (primary N) is 1. The van der Waals surface area contributed by atoms with Crippen molar-refractivity contribution in [3.63, 3.8) is 0 Å². The standard InChI is InChI=1S/C11H10IN3O2/c1-6-2-3-7(13)8(4-6)17-11-9(12)10(16)14-5-15-11/h2-5H,13H2,1H3,(H,14,15,16). The number of nitrogens with zero attached hydrogens (tertiary/aromatic N) is 1. The summed E-state index contributed by atoms with van der Waals surface area (Å²) in [7, 11) is 0. The SMILES string of the molecule is Cc1ccc(N)c(Oc2nc[nH]c(=O)c2I)c1. The molecule has 1 aromatic heterocycles. The van der Waals surface area contributed by atoms with Crippen molar-refractivity contribution in [1.29, 1.82) is 0 Å². The number of H-pyrrole nitrogens is 1. The van der Waals surface area contributed by atoms with Crippen LogP contribution in [0.4, 0.5) is 5.69 Å². The van der Waals surface area contributed by atoms with Crippen molar-refractivity contribution in [1.82, 2.24) is 9.97 Å². The molecule has 1 heterocycles. The molecular formula is C11H10IN3O2. The number of halogens is 1. The van der Waals surface area contributed by atoms with Gasteiger partial charge in [0, 0.05) is 0 Å². The molecular weight excluding hydrogens is 333 g/mol. The minimum atomic E-state index is -0.234. The molecule has 3 N–H and O–H groups in total. The Labute approximate surface area is 111 Å². The molecule has 0 bridgehead atoms. The third-order valence-electron chi connectivity index (χ3n) is 2.14. The zero-order valence-corrected chi connectivity index (χ0v) is 11.2. The van der Waals surface area contributed by atoms with Crippen LogP contribution in [0.1, 0.15) is 5.56 Å². The number of hydrogen-bond acceptors (Lipinski definition) is 4. The molecule has 0 radical (unpaired) electrons. The lowest BCUT2D eigenvalue weighted by molar-refractivity contribution is 0.458. The average molecular weight is 343 g/mol. The summed E-state index contributed by atoms with van der Waals surface area (Å²) in [5.74, 6) is 0.757. The number of aromatic amines is 1. The monoisotopic (exact) mass is 343 g/mol. The van der Waals surface area contributed by atoms with E-state index < -0.39 is 0 Å². The van der Waals surface area contributed by atoms with Gasteiger partial charge < -0.3 is 15.5 Å². The molecule has 0 aliphatic rings. The third kappa shape index (κ3) is 2.57. The molecule has 0 atom stereocenters. The van der Waals surface area contributed by atoms with E-state index >= 15 is 0 Å². The maximum atomic E-state index is 11.4. The maximum absolute atomic E-state index is 11.4. The number of rotatable bonds is 2. The Morgan fingerprint density at radius 3 is 3.00 bits per heavy atom. The van der Waals surface area contributed by atoms with E-state index in [0.29, 0.717) is 15.0 Å². The molecule has 0 fully saturated rings. The van der Waals surface area contributed by atoms with Crippen LogP contribution in [-0.4, -0.2) is 9.97 Å². The summed E-state index contributed by atoms with van der Waals surface area (Å²) in [6.07, 6.45) is 1.30. The topological polar surface area (TPSA) is 81.0 Å². The number of ether oxygens (including phenoxy) is 1. The van der Waals surface area contributed by atoms with E-state index in [1.165, 1.54) is 6.33 Å². The van der Waals surface area contributed by atoms with Gasteiger partial charge in [-0.3, -0.25) is 4.79 Å². The lowest BCUT2D eigenvalue weighted by Crippen LogP contribution is -2.11. The van der Waals surface area contributed by atoms with Gasteiger partial charge in [-0.25, -0.2) is 4.98 Å². The highest BCUT2D eigenvalue weighted by Crippen LogP contribution is 2.28. The minimum absolute atomic E-state index is 0.234. The van der Waals surface area contributed by atoms with Crippen molar-refractivity contribution in [2.45, 2.75) is 6.92 Å². The summed E-state index contributed by atoms with van der Waals surface area (Å²) in [6.45, 7) is 1.93. The van der Waals surface area contributed by atoms with Gasteiger partial charge >= 0.3 is 0 Å². The van der Waals surface area contributed by atoms with E-state index in [2.05, 4.69) is 9.97 Å². The van der Waals surface area contributed by atoms with Crippen molar-refractivity contribution in [2.24, 2.45) is 0 Å². The molecule has 6 heteroatoms. The van der Waals surface area contributed by atoms with E-state index in [0.717, 1.165) is 5.56 Å². The van der Waals surface area contributed by atoms with Crippen LogP contribution in [0.2, 0.25) is 0 Å². The van der Waals surface area contributed by atoms with Crippen molar-refractivity contribution in [2.75, 3.05) is 5.73 Å². The first kappa shape index (κ1) is 11.9. The molecule has 2 rings (SSSR count). The normalized spacial score (nSPS) is 10.2. The molecule has 1 aromatic carbocycles. The predicted molar refractivity (Wildman–Crippen MR) is 73.2 cm³/mol. The zero-order chi connectivity index (χ0) is 12.4. The summed E-state index contributed by atoms with van der Waals surface area (Å²) in [4.78, 5) is 17.8. The number of aromatic nitrogens is 2. The van der Waals surface area contributed by atoms with Crippen molar-refractivity contribution in [3.8, 4) is 11.6 Å². The van der Waals surface area contributed by atoms with Gasteiger partial charge in [0.1, 0.15) is 3.57 Å². The van der Waals surface area contributed by atoms with Crippen LogP contribution in [0.15, 0.2) is 29.3 Å². The molecule has 5 nitrogen and oxygen atoms in total. The van der Waals surface area contributed by atoms with Gasteiger partial charge in [-0.05, 0) is 47.2 Å². The van der Waals surface area contributed by atoms with Crippen LogP contribution >= 0.6 is 22.6 Å². The highest BCUT2D eigenvalue weighted by atomic mass is 127. The largest absolute Gasteiger partial charge is 0.435 e. The molecule has 0 amide bonds. The Hall–Kier alpha value is -1.57. The third-order valence-corrected chi connectivity index (χ3v) is 3.09. The fraction of sp³-hybridized carbons (Fsp3) is 0.0909. The Bertz CT molecular complexity index is 610. The first-order chi connectivity index (χ1) is 8.08. The molecule has 0 saturated carbocycles. The summed E-state index contributed by atoms with van der Waals surface area (Å²) < 4.78 is 5.93. The Kier molecular flexibility index (Phi) is 3.32. The van der Waals surface area contributed by atoms with Gasteiger partial charge in [-0.1, -0.05) is 6.07 Å². The van der Waals surface area contributed by atoms with Crippen LogP contribution in [0.5, 0.6) is 11.6 Å². The van der Waals surface area contributed by atoms with Gasteiger partial charge in [0.2, 0.25) is 5.88 Å². The molecule has 0 unspecified atom stereocenters. The zero-order valence-electron chi connectivity index (χ0n) is 9.03. The second kappa shape index (κ2) is 4.74. The van der Waals surface area contributed by atoms with Crippen LogP contribution in [0.3, 0.4) is 0 Å². The summed E-state index contributed by atoms with van der Waals surface area (Å²) in [5, 5.41) is 0. The van der Waals surface area contributed by atoms with Crippen molar-refractivity contribution >= 4 is 28.3 Å². The number of anilines is 1. The molecule has 0 saturated heterocycles. The van der Waals surface area contributed by atoms with E-state index in [-0.39, 0.29) is 11.4 Å². The van der Waals surface area contributed by atoms with Crippen molar-refractivity contribution in [3.05, 3.63) is 44.0 Å². The number of benzene rings is 1. The van der Waals surface area contributed by atoms with E-state index in [1.807, 2.05) is 35.6 Å². The first-order valence-corrected chi connectivity index (χ1v) is 5.93. The van der Waals surface area contributed by atoms with Gasteiger partial charge in [0.25, 0.3) is 5.56 Å². The van der Waals surface area contributed by atoms with Crippen molar-refractivity contribution < 1.29 is 4.74 Å². The lowest BCUT2D eigenvalue weighted by atomic mass is 10.2. The van der Waals surface area contributed by atoms with Gasteiger partial charge in [-0.2, -0.15) is 0 Å². The smallest absolute Gasteiger partial charge is 0.268 e. The Balaban J connectivity index is 2.41. The van der Waals surface area contributed by atoms with Gasteiger partial charge in [0.15, 0.2) is 5.75 Å². The van der Waals surface area contributed by atoms with Crippen LogP contribution in [0, 0.1) is 10.5 Å². The second-order valence-electron chi connectivity index (χ2n) is 3.49. The maximum Gasteiger partial charge on any atom is 0.268 e. The summed E-state index contributed by atoms with van der Waals surface area (Å²) in [5.41, 5.74) is 7.08. The molecule has 0 spiro atoms. The fourth-order valence-corrected chi connectivity index (χ4v) is 1.68. The number of aryl methyl sites for hydroxylation is 1. The van der Waals surface area contributed by atoms with Crippen LogP contribution < -0.4 is 16.0 Å².